The molecule has 0 aliphatic heterocycles. The second kappa shape index (κ2) is 5.20. The standard InChI is InChI=1S/C15H11F4NO/c1-8-6-9(2-5-13(8)20)14(21)11-7-10(15(17,18)19)3-4-12(11)16/h2-7H,20H2,1H3. The fourth-order valence-corrected chi connectivity index (χ4v) is 1.85. The lowest BCUT2D eigenvalue weighted by Crippen LogP contribution is -2.10. The minimum Gasteiger partial charge on any atom is -0.399 e. The molecule has 0 bridgehead atoms. The Morgan fingerprint density at radius 3 is 2.33 bits per heavy atom. The van der Waals surface area contributed by atoms with E-state index in [0.29, 0.717) is 29.4 Å². The van der Waals surface area contributed by atoms with E-state index >= 15 is 0 Å². The summed E-state index contributed by atoms with van der Waals surface area (Å²) in [6, 6.07) is 5.97. The van der Waals surface area contributed by atoms with E-state index in [9.17, 15) is 22.4 Å². The van der Waals surface area contributed by atoms with E-state index in [2.05, 4.69) is 0 Å². The molecule has 2 rings (SSSR count). The van der Waals surface area contributed by atoms with Crippen LogP contribution in [0.5, 0.6) is 0 Å². The molecule has 0 fully saturated rings. The number of benzene rings is 2. The Morgan fingerprint density at radius 2 is 1.76 bits per heavy atom. The van der Waals surface area contributed by atoms with Crippen LogP contribution in [0, 0.1) is 12.7 Å². The number of halogens is 4. The SMILES string of the molecule is Cc1cc(C(=O)c2cc(C(F)(F)F)ccc2F)ccc1N. The summed E-state index contributed by atoms with van der Waals surface area (Å²) in [4.78, 5) is 12.2. The van der Waals surface area contributed by atoms with Crippen molar-refractivity contribution in [3.8, 4) is 0 Å². The van der Waals surface area contributed by atoms with Crippen LogP contribution in [-0.2, 0) is 6.18 Å². The van der Waals surface area contributed by atoms with Gasteiger partial charge in [0.2, 0.25) is 0 Å². The molecule has 0 unspecified atom stereocenters. The van der Waals surface area contributed by atoms with E-state index in [-0.39, 0.29) is 5.56 Å². The number of nitrogen functional groups attached to an aromatic ring is 1. The van der Waals surface area contributed by atoms with E-state index in [0.717, 1.165) is 0 Å². The lowest BCUT2D eigenvalue weighted by Gasteiger charge is -2.10. The molecule has 0 heterocycles. The van der Waals surface area contributed by atoms with Crippen LogP contribution < -0.4 is 5.73 Å². The maximum Gasteiger partial charge on any atom is 0.416 e. The zero-order valence-electron chi connectivity index (χ0n) is 11.0. The minimum absolute atomic E-state index is 0.0833. The van der Waals surface area contributed by atoms with Gasteiger partial charge in [-0.15, -0.1) is 0 Å². The van der Waals surface area contributed by atoms with Crippen molar-refractivity contribution in [3.63, 3.8) is 0 Å². The molecule has 110 valence electrons. The van der Waals surface area contributed by atoms with Crippen molar-refractivity contribution in [2.75, 3.05) is 5.73 Å². The van der Waals surface area contributed by atoms with Gasteiger partial charge in [-0.2, -0.15) is 13.2 Å². The van der Waals surface area contributed by atoms with Crippen LogP contribution in [0.3, 0.4) is 0 Å². The Hall–Kier alpha value is -2.37. The van der Waals surface area contributed by atoms with E-state index in [1.165, 1.54) is 18.2 Å². The maximum atomic E-state index is 13.7. The molecule has 21 heavy (non-hydrogen) atoms. The van der Waals surface area contributed by atoms with Gasteiger partial charge in [-0.25, -0.2) is 4.39 Å². The monoisotopic (exact) mass is 297 g/mol. The van der Waals surface area contributed by atoms with Crippen LogP contribution in [0.15, 0.2) is 36.4 Å². The molecule has 0 atom stereocenters. The lowest BCUT2D eigenvalue weighted by molar-refractivity contribution is -0.137. The second-order valence-corrected chi connectivity index (χ2v) is 4.59. The second-order valence-electron chi connectivity index (χ2n) is 4.59. The predicted octanol–water partition coefficient (Wildman–Crippen LogP) is 3.97. The minimum atomic E-state index is -4.64. The van der Waals surface area contributed by atoms with Crippen molar-refractivity contribution in [2.45, 2.75) is 13.1 Å². The third kappa shape index (κ3) is 3.04. The third-order valence-corrected chi connectivity index (χ3v) is 3.07. The fraction of sp³-hybridized carbons (Fsp3) is 0.133. The number of carbonyl (C=O) groups is 1. The Bertz CT molecular complexity index is 707. The Labute approximate surface area is 118 Å². The van der Waals surface area contributed by atoms with Crippen molar-refractivity contribution in [3.05, 3.63) is 64.5 Å². The molecule has 0 saturated carbocycles. The molecule has 0 aliphatic carbocycles. The number of aryl methyl sites for hydroxylation is 1. The number of nitrogens with two attached hydrogens (primary N) is 1. The van der Waals surface area contributed by atoms with Gasteiger partial charge in [0, 0.05) is 11.3 Å². The van der Waals surface area contributed by atoms with Crippen LogP contribution in [-0.4, -0.2) is 5.78 Å². The summed E-state index contributed by atoms with van der Waals surface area (Å²) in [6.07, 6.45) is -4.64. The van der Waals surface area contributed by atoms with Gasteiger partial charge in [-0.1, -0.05) is 0 Å². The molecule has 0 amide bonds. The normalized spacial score (nSPS) is 11.5. The first-order valence-electron chi connectivity index (χ1n) is 5.97. The molecule has 0 aliphatic rings. The van der Waals surface area contributed by atoms with E-state index in [4.69, 9.17) is 5.73 Å². The molecule has 0 spiro atoms. The van der Waals surface area contributed by atoms with E-state index < -0.39 is 28.9 Å². The first-order valence-corrected chi connectivity index (χ1v) is 5.97. The molecular formula is C15H11F4NO. The largest absolute Gasteiger partial charge is 0.416 e. The molecular weight excluding hydrogens is 286 g/mol. The molecule has 0 aromatic heterocycles. The average molecular weight is 297 g/mol. The van der Waals surface area contributed by atoms with Gasteiger partial charge >= 0.3 is 6.18 Å². The molecule has 6 heteroatoms. The molecule has 0 radical (unpaired) electrons. The summed E-state index contributed by atoms with van der Waals surface area (Å²) >= 11 is 0. The summed E-state index contributed by atoms with van der Waals surface area (Å²) in [6.45, 7) is 1.65. The van der Waals surface area contributed by atoms with Gasteiger partial charge < -0.3 is 5.73 Å². The summed E-state index contributed by atoms with van der Waals surface area (Å²) in [7, 11) is 0. The highest BCUT2D eigenvalue weighted by Gasteiger charge is 2.32. The van der Waals surface area contributed by atoms with Crippen LogP contribution in [0.25, 0.3) is 0 Å². The summed E-state index contributed by atoms with van der Waals surface area (Å²) in [5.74, 6) is -1.82. The number of hydrogen-bond acceptors (Lipinski definition) is 2. The van der Waals surface area contributed by atoms with Crippen LogP contribution >= 0.6 is 0 Å². The summed E-state index contributed by atoms with van der Waals surface area (Å²) in [5, 5.41) is 0. The number of anilines is 1. The van der Waals surface area contributed by atoms with Gasteiger partial charge in [0.15, 0.2) is 5.78 Å². The van der Waals surface area contributed by atoms with Crippen LogP contribution in [0.2, 0.25) is 0 Å². The van der Waals surface area contributed by atoms with E-state index in [1.54, 1.807) is 6.92 Å². The summed E-state index contributed by atoms with van der Waals surface area (Å²) in [5.41, 5.74) is 5.03. The van der Waals surface area contributed by atoms with Crippen LogP contribution in [0.1, 0.15) is 27.0 Å². The molecule has 2 nitrogen and oxygen atoms in total. The van der Waals surface area contributed by atoms with E-state index in [1.807, 2.05) is 0 Å². The van der Waals surface area contributed by atoms with Gasteiger partial charge in [0.05, 0.1) is 11.1 Å². The summed E-state index contributed by atoms with van der Waals surface area (Å²) < 4.78 is 51.6. The first kappa shape index (κ1) is 15.0. The molecule has 2 aromatic rings. The van der Waals surface area contributed by atoms with Gasteiger partial charge in [0.1, 0.15) is 5.82 Å². The Kier molecular flexibility index (Phi) is 3.72. The van der Waals surface area contributed by atoms with Gasteiger partial charge in [0.25, 0.3) is 0 Å². The predicted molar refractivity (Wildman–Crippen MR) is 70.4 cm³/mol. The number of hydrogen-bond donors (Lipinski definition) is 1. The van der Waals surface area contributed by atoms with Crippen molar-refractivity contribution in [1.82, 2.24) is 0 Å². The molecule has 2 aromatic carbocycles. The van der Waals surface area contributed by atoms with Crippen molar-refractivity contribution in [1.29, 1.82) is 0 Å². The van der Waals surface area contributed by atoms with Crippen molar-refractivity contribution in [2.24, 2.45) is 0 Å². The Morgan fingerprint density at radius 1 is 1.10 bits per heavy atom. The van der Waals surface area contributed by atoms with Gasteiger partial charge in [-0.05, 0) is 48.9 Å². The number of carbonyl (C=O) groups excluding carboxylic acids is 1. The Balaban J connectivity index is 2.50. The average Bonchev–Trinajstić information content (AvgIpc) is 2.40. The van der Waals surface area contributed by atoms with Gasteiger partial charge in [-0.3, -0.25) is 4.79 Å². The fourth-order valence-electron chi connectivity index (χ4n) is 1.85. The zero-order valence-corrected chi connectivity index (χ0v) is 11.0. The molecule has 2 N–H and O–H groups in total. The van der Waals surface area contributed by atoms with Crippen molar-refractivity contribution < 1.29 is 22.4 Å². The third-order valence-electron chi connectivity index (χ3n) is 3.07. The maximum absolute atomic E-state index is 13.7. The highest BCUT2D eigenvalue weighted by Crippen LogP contribution is 2.31. The lowest BCUT2D eigenvalue weighted by atomic mass is 9.99. The topological polar surface area (TPSA) is 43.1 Å². The number of alkyl halides is 3. The highest BCUT2D eigenvalue weighted by molar-refractivity contribution is 6.09. The van der Waals surface area contributed by atoms with Crippen molar-refractivity contribution >= 4 is 11.5 Å². The smallest absolute Gasteiger partial charge is 0.399 e. The molecule has 0 saturated heterocycles. The highest BCUT2D eigenvalue weighted by atomic mass is 19.4. The zero-order chi connectivity index (χ0) is 15.8. The quantitative estimate of drug-likeness (QED) is 0.518. The first-order chi connectivity index (χ1) is 9.70. The number of rotatable bonds is 2. The number of ketones is 1. The van der Waals surface area contributed by atoms with Crippen LogP contribution in [0.4, 0.5) is 23.2 Å².